The highest BCUT2D eigenvalue weighted by atomic mass is 16.2. The van der Waals surface area contributed by atoms with E-state index in [2.05, 4.69) is 5.32 Å². The zero-order valence-electron chi connectivity index (χ0n) is 12.4. The van der Waals surface area contributed by atoms with Gasteiger partial charge in [0.1, 0.15) is 0 Å². The topological polar surface area (TPSA) is 98.2 Å². The maximum atomic E-state index is 12.4. The molecular formula is C15H27N3O2. The average Bonchev–Trinajstić information content (AvgIpc) is 2.85. The van der Waals surface area contributed by atoms with Crippen molar-refractivity contribution in [1.29, 1.82) is 0 Å². The summed E-state index contributed by atoms with van der Waals surface area (Å²) < 4.78 is 0. The molecule has 0 aliphatic heterocycles. The maximum Gasteiger partial charge on any atom is 0.225 e. The molecule has 0 aromatic carbocycles. The lowest BCUT2D eigenvalue weighted by Crippen LogP contribution is -2.54. The number of nitrogens with one attached hydrogen (secondary N) is 1. The monoisotopic (exact) mass is 281 g/mol. The summed E-state index contributed by atoms with van der Waals surface area (Å²) in [7, 11) is 0. The molecule has 2 rings (SSSR count). The van der Waals surface area contributed by atoms with Crippen molar-refractivity contribution in [2.75, 3.05) is 6.54 Å². The molecule has 0 bridgehead atoms. The molecular weight excluding hydrogens is 254 g/mol. The second-order valence-corrected chi connectivity index (χ2v) is 6.87. The predicted octanol–water partition coefficient (Wildman–Crippen LogP) is 1.06. The van der Waals surface area contributed by atoms with E-state index in [-0.39, 0.29) is 17.7 Å². The van der Waals surface area contributed by atoms with Crippen LogP contribution in [0.15, 0.2) is 0 Å². The van der Waals surface area contributed by atoms with Gasteiger partial charge in [0.2, 0.25) is 11.8 Å². The highest BCUT2D eigenvalue weighted by molar-refractivity contribution is 5.84. The molecule has 0 aromatic rings. The fourth-order valence-electron chi connectivity index (χ4n) is 3.73. The number of carbonyl (C=O) groups excluding carboxylic acids is 2. The number of carbonyl (C=O) groups is 2. The minimum Gasteiger partial charge on any atom is -0.369 e. The minimum atomic E-state index is -0.532. The van der Waals surface area contributed by atoms with Crippen molar-refractivity contribution < 1.29 is 9.59 Å². The summed E-state index contributed by atoms with van der Waals surface area (Å²) in [6.45, 7) is 2.32. The number of hydrogen-bond donors (Lipinski definition) is 3. The van der Waals surface area contributed by atoms with E-state index in [1.54, 1.807) is 0 Å². The molecule has 5 nitrogen and oxygen atoms in total. The first-order valence-electron chi connectivity index (χ1n) is 7.74. The second kappa shape index (κ2) is 5.72. The summed E-state index contributed by atoms with van der Waals surface area (Å²) in [6.07, 6.45) is 7.44. The Labute approximate surface area is 120 Å². The molecule has 2 aliphatic carbocycles. The van der Waals surface area contributed by atoms with Crippen LogP contribution >= 0.6 is 0 Å². The number of rotatable bonds is 4. The van der Waals surface area contributed by atoms with E-state index in [0.29, 0.717) is 6.54 Å². The molecule has 20 heavy (non-hydrogen) atoms. The molecule has 2 saturated carbocycles. The van der Waals surface area contributed by atoms with E-state index in [1.807, 2.05) is 6.92 Å². The summed E-state index contributed by atoms with van der Waals surface area (Å²) >= 11 is 0. The van der Waals surface area contributed by atoms with Gasteiger partial charge in [0, 0.05) is 12.1 Å². The Morgan fingerprint density at radius 1 is 1.15 bits per heavy atom. The van der Waals surface area contributed by atoms with Crippen molar-refractivity contribution in [2.45, 2.75) is 63.8 Å². The molecule has 2 fully saturated rings. The summed E-state index contributed by atoms with van der Waals surface area (Å²) in [5, 5.41) is 2.95. The zero-order valence-corrected chi connectivity index (χ0v) is 12.4. The van der Waals surface area contributed by atoms with Crippen molar-refractivity contribution in [1.82, 2.24) is 5.32 Å². The number of nitrogens with two attached hydrogens (primary N) is 2. The van der Waals surface area contributed by atoms with E-state index in [4.69, 9.17) is 11.5 Å². The Kier molecular flexibility index (Phi) is 4.37. The smallest absolute Gasteiger partial charge is 0.225 e. The first kappa shape index (κ1) is 15.3. The molecule has 0 radical (unpaired) electrons. The van der Waals surface area contributed by atoms with Crippen LogP contribution in [0, 0.1) is 11.3 Å². The van der Waals surface area contributed by atoms with Crippen molar-refractivity contribution in [3.8, 4) is 0 Å². The normalized spacial score (nSPS) is 32.8. The van der Waals surface area contributed by atoms with Crippen molar-refractivity contribution >= 4 is 11.8 Å². The van der Waals surface area contributed by atoms with Gasteiger partial charge in [-0.2, -0.15) is 0 Å². The van der Waals surface area contributed by atoms with Gasteiger partial charge in [0.25, 0.3) is 0 Å². The van der Waals surface area contributed by atoms with Crippen LogP contribution in [0.2, 0.25) is 0 Å². The Balaban J connectivity index is 1.96. The van der Waals surface area contributed by atoms with Crippen LogP contribution in [0.4, 0.5) is 0 Å². The molecule has 114 valence electrons. The lowest BCUT2D eigenvalue weighted by atomic mass is 9.74. The molecule has 0 aromatic heterocycles. The second-order valence-electron chi connectivity index (χ2n) is 6.87. The minimum absolute atomic E-state index is 0.0118. The van der Waals surface area contributed by atoms with Crippen LogP contribution in [0.3, 0.4) is 0 Å². The van der Waals surface area contributed by atoms with Gasteiger partial charge < -0.3 is 16.8 Å². The molecule has 2 unspecified atom stereocenters. The molecule has 0 heterocycles. The van der Waals surface area contributed by atoms with Crippen LogP contribution in [0.5, 0.6) is 0 Å². The van der Waals surface area contributed by atoms with Gasteiger partial charge in [-0.05, 0) is 32.6 Å². The van der Waals surface area contributed by atoms with Crippen molar-refractivity contribution in [2.24, 2.45) is 22.8 Å². The molecule has 2 aliphatic rings. The zero-order chi connectivity index (χ0) is 14.8. The SMILES string of the molecule is CC1(N)CCCCC1C(=O)NCC1(C(N)=O)CCCC1. The lowest BCUT2D eigenvalue weighted by molar-refractivity contribution is -0.131. The van der Waals surface area contributed by atoms with E-state index in [0.717, 1.165) is 51.4 Å². The summed E-state index contributed by atoms with van der Waals surface area (Å²) in [6, 6.07) is 0. The van der Waals surface area contributed by atoms with Crippen LogP contribution in [-0.4, -0.2) is 23.9 Å². The fourth-order valence-corrected chi connectivity index (χ4v) is 3.73. The first-order valence-corrected chi connectivity index (χ1v) is 7.74. The van der Waals surface area contributed by atoms with Crippen molar-refractivity contribution in [3.05, 3.63) is 0 Å². The summed E-state index contributed by atoms with van der Waals surface area (Å²) in [5.74, 6) is -0.445. The lowest BCUT2D eigenvalue weighted by Gasteiger charge is -2.38. The van der Waals surface area contributed by atoms with Gasteiger partial charge in [0.15, 0.2) is 0 Å². The first-order chi connectivity index (χ1) is 9.37. The standard InChI is InChI=1S/C15H27N3O2/c1-14(17)7-3-2-6-11(14)12(19)18-10-15(13(16)20)8-4-5-9-15/h11H,2-10,17H2,1H3,(H2,16,20)(H,18,19). The Morgan fingerprint density at radius 2 is 1.75 bits per heavy atom. The third kappa shape index (κ3) is 2.97. The van der Waals surface area contributed by atoms with Gasteiger partial charge >= 0.3 is 0 Å². The Morgan fingerprint density at radius 3 is 2.30 bits per heavy atom. The number of hydrogen-bond acceptors (Lipinski definition) is 3. The Bertz CT molecular complexity index is 387. The highest BCUT2D eigenvalue weighted by Crippen LogP contribution is 2.37. The van der Waals surface area contributed by atoms with Gasteiger partial charge in [-0.25, -0.2) is 0 Å². The van der Waals surface area contributed by atoms with Gasteiger partial charge in [-0.1, -0.05) is 25.7 Å². The number of amides is 2. The van der Waals surface area contributed by atoms with Gasteiger partial charge in [-0.3, -0.25) is 9.59 Å². The summed E-state index contributed by atoms with van der Waals surface area (Å²) in [4.78, 5) is 24.1. The third-order valence-corrected chi connectivity index (χ3v) is 5.26. The van der Waals surface area contributed by atoms with Crippen LogP contribution in [-0.2, 0) is 9.59 Å². The molecule has 0 spiro atoms. The quantitative estimate of drug-likeness (QED) is 0.718. The van der Waals surface area contributed by atoms with Crippen LogP contribution < -0.4 is 16.8 Å². The summed E-state index contributed by atoms with van der Waals surface area (Å²) in [5.41, 5.74) is 10.8. The van der Waals surface area contributed by atoms with Crippen LogP contribution in [0.25, 0.3) is 0 Å². The Hall–Kier alpha value is -1.10. The van der Waals surface area contributed by atoms with Crippen LogP contribution in [0.1, 0.15) is 58.3 Å². The van der Waals surface area contributed by atoms with E-state index >= 15 is 0 Å². The van der Waals surface area contributed by atoms with Crippen molar-refractivity contribution in [3.63, 3.8) is 0 Å². The van der Waals surface area contributed by atoms with E-state index in [1.165, 1.54) is 0 Å². The van der Waals surface area contributed by atoms with E-state index in [9.17, 15) is 9.59 Å². The van der Waals surface area contributed by atoms with E-state index < -0.39 is 11.0 Å². The highest BCUT2D eigenvalue weighted by Gasteiger charge is 2.42. The molecule has 0 saturated heterocycles. The molecule has 5 N–H and O–H groups in total. The number of primary amides is 1. The maximum absolute atomic E-state index is 12.4. The fraction of sp³-hybridized carbons (Fsp3) is 0.867. The molecule has 5 heteroatoms. The predicted molar refractivity (Wildman–Crippen MR) is 77.7 cm³/mol. The largest absolute Gasteiger partial charge is 0.369 e. The molecule has 2 atom stereocenters. The third-order valence-electron chi connectivity index (χ3n) is 5.26. The molecule has 2 amide bonds. The average molecular weight is 281 g/mol. The van der Waals surface area contributed by atoms with Gasteiger partial charge in [-0.15, -0.1) is 0 Å². The van der Waals surface area contributed by atoms with Gasteiger partial charge in [0.05, 0.1) is 11.3 Å².